The van der Waals surface area contributed by atoms with Crippen molar-refractivity contribution >= 4 is 17.5 Å². The quantitative estimate of drug-likeness (QED) is 0.557. The van der Waals surface area contributed by atoms with E-state index in [1.807, 2.05) is 42.2 Å². The number of aliphatic carboxylic acids is 1. The number of carboxylic acid groups (broad SMARTS) is 1. The van der Waals surface area contributed by atoms with E-state index in [9.17, 15) is 9.90 Å². The summed E-state index contributed by atoms with van der Waals surface area (Å²) in [6.45, 7) is 3.13. The van der Waals surface area contributed by atoms with E-state index in [0.29, 0.717) is 38.1 Å². The lowest BCUT2D eigenvalue weighted by Crippen LogP contribution is -2.53. The van der Waals surface area contributed by atoms with E-state index in [1.165, 1.54) is 0 Å². The molecule has 134 valence electrons. The van der Waals surface area contributed by atoms with Gasteiger partial charge in [0.1, 0.15) is 17.6 Å². The van der Waals surface area contributed by atoms with Crippen molar-refractivity contribution in [1.82, 2.24) is 4.90 Å². The van der Waals surface area contributed by atoms with Crippen LogP contribution in [0.5, 0.6) is 0 Å². The Kier molecular flexibility index (Phi) is 4.76. The standard InChI is InChI=1S/C18H24N4O3/c1-2-13(17(23)24)22-10-8-18(9-11-22)14(12-6-4-3-5-7-12)15(16(19)20)21-25-18/h3-7,13-14H,2,8-11H2,1H3,(H3,19,20)(H,23,24). The lowest BCUT2D eigenvalue weighted by atomic mass is 9.73. The van der Waals surface area contributed by atoms with Crippen molar-refractivity contribution in [3.8, 4) is 0 Å². The number of oxime groups is 1. The molecule has 7 nitrogen and oxygen atoms in total. The summed E-state index contributed by atoms with van der Waals surface area (Å²) in [6, 6.07) is 9.37. The SMILES string of the molecule is CCC(C(=O)O)N1CCC2(CC1)ON=C(C(=N)N)C2c1ccccc1. The molecule has 1 aromatic rings. The second-order valence-electron chi connectivity index (χ2n) is 6.69. The van der Waals surface area contributed by atoms with Crippen LogP contribution in [-0.4, -0.2) is 52.3 Å². The molecule has 2 aliphatic heterocycles. The van der Waals surface area contributed by atoms with Gasteiger partial charge in [-0.1, -0.05) is 42.4 Å². The van der Waals surface area contributed by atoms with Gasteiger partial charge in [0.15, 0.2) is 5.60 Å². The highest BCUT2D eigenvalue weighted by Crippen LogP contribution is 2.45. The van der Waals surface area contributed by atoms with Crippen LogP contribution in [0.25, 0.3) is 0 Å². The van der Waals surface area contributed by atoms with Crippen LogP contribution in [0.15, 0.2) is 35.5 Å². The minimum Gasteiger partial charge on any atom is -0.480 e. The first kappa shape index (κ1) is 17.4. The van der Waals surface area contributed by atoms with Gasteiger partial charge < -0.3 is 15.7 Å². The number of rotatable bonds is 5. The zero-order valence-electron chi connectivity index (χ0n) is 14.3. The molecule has 0 bridgehead atoms. The summed E-state index contributed by atoms with van der Waals surface area (Å²) in [5, 5.41) is 21.4. The Morgan fingerprint density at radius 2 is 2.08 bits per heavy atom. The second-order valence-corrected chi connectivity index (χ2v) is 6.69. The molecule has 2 atom stereocenters. The Morgan fingerprint density at radius 3 is 2.60 bits per heavy atom. The van der Waals surface area contributed by atoms with Crippen molar-refractivity contribution in [1.29, 1.82) is 5.41 Å². The average Bonchev–Trinajstić information content (AvgIpc) is 2.97. The molecule has 1 spiro atoms. The van der Waals surface area contributed by atoms with Gasteiger partial charge >= 0.3 is 5.97 Å². The zero-order valence-corrected chi connectivity index (χ0v) is 14.3. The Labute approximate surface area is 147 Å². The average molecular weight is 344 g/mol. The molecule has 0 saturated carbocycles. The molecule has 3 rings (SSSR count). The van der Waals surface area contributed by atoms with Gasteiger partial charge in [0.2, 0.25) is 0 Å². The molecule has 2 unspecified atom stereocenters. The van der Waals surface area contributed by atoms with E-state index in [1.54, 1.807) is 0 Å². The smallest absolute Gasteiger partial charge is 0.320 e. The minimum absolute atomic E-state index is 0.0786. The third-order valence-electron chi connectivity index (χ3n) is 5.29. The van der Waals surface area contributed by atoms with Crippen molar-refractivity contribution in [2.75, 3.05) is 13.1 Å². The molecule has 0 radical (unpaired) electrons. The summed E-state index contributed by atoms with van der Waals surface area (Å²) >= 11 is 0. The number of hydrogen-bond acceptors (Lipinski definition) is 5. The van der Waals surface area contributed by atoms with E-state index in [0.717, 1.165) is 5.56 Å². The first-order chi connectivity index (χ1) is 12.0. The van der Waals surface area contributed by atoms with E-state index in [-0.39, 0.29) is 11.8 Å². The highest BCUT2D eigenvalue weighted by molar-refractivity contribution is 6.42. The molecular formula is C18H24N4O3. The van der Waals surface area contributed by atoms with Crippen LogP contribution in [-0.2, 0) is 9.63 Å². The number of likely N-dealkylation sites (tertiary alicyclic amines) is 1. The minimum atomic E-state index is -0.786. The predicted molar refractivity (Wildman–Crippen MR) is 94.9 cm³/mol. The van der Waals surface area contributed by atoms with Crippen LogP contribution in [0.2, 0.25) is 0 Å². The molecule has 1 saturated heterocycles. The molecular weight excluding hydrogens is 320 g/mol. The van der Waals surface area contributed by atoms with Crippen LogP contribution in [0.3, 0.4) is 0 Å². The topological polar surface area (TPSA) is 112 Å². The molecule has 0 aliphatic carbocycles. The van der Waals surface area contributed by atoms with Crippen LogP contribution in [0.4, 0.5) is 0 Å². The van der Waals surface area contributed by atoms with Gasteiger partial charge in [0.25, 0.3) is 0 Å². The summed E-state index contributed by atoms with van der Waals surface area (Å²) in [6.07, 6.45) is 1.87. The van der Waals surface area contributed by atoms with Crippen molar-refractivity contribution in [3.05, 3.63) is 35.9 Å². The van der Waals surface area contributed by atoms with Gasteiger partial charge in [-0.2, -0.15) is 0 Å². The summed E-state index contributed by atoms with van der Waals surface area (Å²) in [4.78, 5) is 19.3. The fraction of sp³-hybridized carbons (Fsp3) is 0.500. The number of nitrogens with one attached hydrogen (secondary N) is 1. The van der Waals surface area contributed by atoms with Crippen LogP contribution in [0.1, 0.15) is 37.7 Å². The fourth-order valence-electron chi connectivity index (χ4n) is 3.99. The molecule has 1 fully saturated rings. The maximum atomic E-state index is 11.4. The number of nitrogens with zero attached hydrogens (tertiary/aromatic N) is 2. The number of carboxylic acids is 1. The van der Waals surface area contributed by atoms with Crippen molar-refractivity contribution in [2.24, 2.45) is 10.9 Å². The third kappa shape index (κ3) is 3.11. The summed E-state index contributed by atoms with van der Waals surface area (Å²) < 4.78 is 0. The summed E-state index contributed by atoms with van der Waals surface area (Å²) in [5.41, 5.74) is 6.66. The summed E-state index contributed by atoms with van der Waals surface area (Å²) in [7, 11) is 0. The molecule has 4 N–H and O–H groups in total. The molecule has 0 amide bonds. The lowest BCUT2D eigenvalue weighted by molar-refractivity contribution is -0.146. The predicted octanol–water partition coefficient (Wildman–Crippen LogP) is 1.79. The van der Waals surface area contributed by atoms with Gasteiger partial charge in [-0.05, 0) is 12.0 Å². The number of nitrogens with two attached hydrogens (primary N) is 1. The number of benzene rings is 1. The van der Waals surface area contributed by atoms with Crippen LogP contribution >= 0.6 is 0 Å². The summed E-state index contributed by atoms with van der Waals surface area (Å²) in [5.74, 6) is -1.06. The first-order valence-corrected chi connectivity index (χ1v) is 8.61. The molecule has 7 heteroatoms. The highest BCUT2D eigenvalue weighted by atomic mass is 16.7. The van der Waals surface area contributed by atoms with E-state index < -0.39 is 17.6 Å². The molecule has 2 aliphatic rings. The number of piperidine rings is 1. The Hall–Kier alpha value is -2.41. The first-order valence-electron chi connectivity index (χ1n) is 8.61. The Balaban J connectivity index is 1.84. The highest BCUT2D eigenvalue weighted by Gasteiger charge is 2.52. The van der Waals surface area contributed by atoms with E-state index in [4.69, 9.17) is 16.0 Å². The maximum Gasteiger partial charge on any atom is 0.320 e. The number of hydrogen-bond donors (Lipinski definition) is 3. The monoisotopic (exact) mass is 344 g/mol. The number of amidine groups is 1. The third-order valence-corrected chi connectivity index (χ3v) is 5.29. The largest absolute Gasteiger partial charge is 0.480 e. The van der Waals surface area contributed by atoms with Crippen LogP contribution in [0, 0.1) is 5.41 Å². The van der Waals surface area contributed by atoms with Crippen molar-refractivity contribution in [3.63, 3.8) is 0 Å². The normalized spacial score (nSPS) is 23.7. The molecule has 2 heterocycles. The molecule has 0 aromatic heterocycles. The van der Waals surface area contributed by atoms with Gasteiger partial charge in [0.05, 0.1) is 5.92 Å². The second kappa shape index (κ2) is 6.84. The maximum absolute atomic E-state index is 11.4. The zero-order chi connectivity index (χ0) is 18.0. The van der Waals surface area contributed by atoms with Crippen LogP contribution < -0.4 is 5.73 Å². The van der Waals surface area contributed by atoms with E-state index >= 15 is 0 Å². The molecule has 1 aromatic carbocycles. The van der Waals surface area contributed by atoms with Gasteiger partial charge in [0, 0.05) is 25.9 Å². The molecule has 25 heavy (non-hydrogen) atoms. The number of carbonyl (C=O) groups is 1. The Morgan fingerprint density at radius 1 is 1.44 bits per heavy atom. The van der Waals surface area contributed by atoms with E-state index in [2.05, 4.69) is 5.16 Å². The van der Waals surface area contributed by atoms with Gasteiger partial charge in [-0.3, -0.25) is 15.1 Å². The van der Waals surface area contributed by atoms with Crippen molar-refractivity contribution in [2.45, 2.75) is 43.7 Å². The lowest BCUT2D eigenvalue weighted by Gasteiger charge is -2.42. The Bertz CT molecular complexity index is 681. The van der Waals surface area contributed by atoms with Gasteiger partial charge in [-0.15, -0.1) is 0 Å². The van der Waals surface area contributed by atoms with Crippen molar-refractivity contribution < 1.29 is 14.7 Å². The fourth-order valence-corrected chi connectivity index (χ4v) is 3.99. The van der Waals surface area contributed by atoms with Gasteiger partial charge in [-0.25, -0.2) is 0 Å².